The van der Waals surface area contributed by atoms with Gasteiger partial charge in [-0.25, -0.2) is 4.79 Å². The van der Waals surface area contributed by atoms with Crippen LogP contribution in [-0.2, 0) is 42.9 Å². The molecular weight excluding hydrogens is 973 g/mol. The molecule has 1 fully saturated rings. The van der Waals surface area contributed by atoms with Crippen molar-refractivity contribution in [3.63, 3.8) is 0 Å². The molecule has 1 heterocycles. The number of rotatable bonds is 48. The molecule has 0 amide bonds. The minimum absolute atomic E-state index is 0.0173. The number of carbonyl (C=O) groups excluding carboxylic acids is 3. The first-order valence-electron chi connectivity index (χ1n) is 29.5. The van der Waals surface area contributed by atoms with Crippen molar-refractivity contribution in [3.8, 4) is 0 Å². The van der Waals surface area contributed by atoms with Crippen molar-refractivity contribution in [1.82, 2.24) is 0 Å². The van der Waals surface area contributed by atoms with Gasteiger partial charge in [-0.15, -0.1) is 0 Å². The first kappa shape index (κ1) is 70.1. The summed E-state index contributed by atoms with van der Waals surface area (Å²) in [5, 5.41) is 31.5. The molecule has 77 heavy (non-hydrogen) atoms. The van der Waals surface area contributed by atoms with Crippen LogP contribution in [0.1, 0.15) is 213 Å². The molecule has 0 saturated carbocycles. The van der Waals surface area contributed by atoms with E-state index < -0.39 is 67.3 Å². The first-order chi connectivity index (χ1) is 37.6. The van der Waals surface area contributed by atoms with E-state index >= 15 is 0 Å². The Hall–Kier alpha value is -4.88. The van der Waals surface area contributed by atoms with E-state index in [2.05, 4.69) is 130 Å². The normalized spacial score (nSPS) is 18.9. The van der Waals surface area contributed by atoms with Gasteiger partial charge in [-0.05, 0) is 116 Å². The number of hydrogen-bond donors (Lipinski definition) is 3. The average Bonchev–Trinajstić information content (AvgIpc) is 3.42. The minimum Gasteiger partial charge on any atom is -0.479 e. The fourth-order valence-corrected chi connectivity index (χ4v) is 8.05. The zero-order chi connectivity index (χ0) is 56.1. The van der Waals surface area contributed by atoms with Crippen molar-refractivity contribution < 1.29 is 58.2 Å². The van der Waals surface area contributed by atoms with E-state index in [-0.39, 0.29) is 25.9 Å². The molecule has 1 aliphatic heterocycles. The van der Waals surface area contributed by atoms with Crippen molar-refractivity contribution in [1.29, 1.82) is 0 Å². The number of unbranched alkanes of at least 4 members (excludes halogenated alkanes) is 14. The molecule has 1 saturated heterocycles. The Morgan fingerprint density at radius 2 is 0.844 bits per heavy atom. The molecular formula is C65H102O12. The highest BCUT2D eigenvalue weighted by molar-refractivity contribution is 5.74. The number of ether oxygens (including phenoxy) is 5. The van der Waals surface area contributed by atoms with Crippen molar-refractivity contribution in [3.05, 3.63) is 122 Å². The van der Waals surface area contributed by atoms with Gasteiger partial charge in [-0.2, -0.15) is 0 Å². The summed E-state index contributed by atoms with van der Waals surface area (Å²) in [7, 11) is 0. The van der Waals surface area contributed by atoms with Crippen LogP contribution in [0.4, 0.5) is 0 Å². The Kier molecular flexibility index (Phi) is 47.2. The van der Waals surface area contributed by atoms with Crippen LogP contribution >= 0.6 is 0 Å². The van der Waals surface area contributed by atoms with E-state index in [1.165, 1.54) is 38.5 Å². The lowest BCUT2D eigenvalue weighted by Crippen LogP contribution is -2.61. The van der Waals surface area contributed by atoms with Crippen LogP contribution in [0.2, 0.25) is 0 Å². The van der Waals surface area contributed by atoms with Crippen molar-refractivity contribution in [2.24, 2.45) is 0 Å². The maximum absolute atomic E-state index is 13.1. The predicted octanol–water partition coefficient (Wildman–Crippen LogP) is 15.2. The standard InChI is InChI=1S/C65H102O12/c1-4-7-10-13-16-19-22-25-27-29-31-34-36-39-42-45-48-51-57(66)73-54-56(75-58(67)52-49-46-43-40-37-33-24-21-18-15-12-9-6-3)55-74-65-63(61(70)60(69)62(77-65)64(71)72)76-59(68)53-50-47-44-41-38-35-32-30-28-26-23-20-17-14-11-8-5-2/h8-9,11-12,16-21,25-28,32-33,35,37,43,46,56,60-63,65,69-70H,4-7,10,13-15,22-24,29-31,34,36,38-42,44-45,47-55H2,1-3H3,(H,71,72)/b11-8-,12-9-,19-16-,20-17-,21-18-,27-25-,28-26-,35-32-,37-33-,46-43-. The lowest BCUT2D eigenvalue weighted by Gasteiger charge is -2.40. The number of allylic oxidation sites excluding steroid dienone is 20. The minimum atomic E-state index is -1.93. The van der Waals surface area contributed by atoms with Crippen LogP contribution in [0, 0.1) is 0 Å². The Bertz CT molecular complexity index is 1800. The van der Waals surface area contributed by atoms with Crippen LogP contribution in [-0.4, -0.2) is 89.2 Å². The third-order valence-electron chi connectivity index (χ3n) is 12.5. The summed E-state index contributed by atoms with van der Waals surface area (Å²) < 4.78 is 28.3. The average molecular weight is 1080 g/mol. The molecule has 3 N–H and O–H groups in total. The lowest BCUT2D eigenvalue weighted by atomic mass is 9.98. The highest BCUT2D eigenvalue weighted by Crippen LogP contribution is 2.26. The second kappa shape index (κ2) is 51.9. The van der Waals surface area contributed by atoms with Gasteiger partial charge in [0.1, 0.15) is 18.8 Å². The van der Waals surface area contributed by atoms with Crippen LogP contribution in [0.5, 0.6) is 0 Å². The molecule has 6 atom stereocenters. The summed E-state index contributed by atoms with van der Waals surface area (Å²) in [4.78, 5) is 51.1. The topological polar surface area (TPSA) is 175 Å². The molecule has 12 nitrogen and oxygen atoms in total. The number of aliphatic carboxylic acids is 1. The third-order valence-corrected chi connectivity index (χ3v) is 12.5. The zero-order valence-electron chi connectivity index (χ0n) is 47.7. The molecule has 6 unspecified atom stereocenters. The number of hydrogen-bond acceptors (Lipinski definition) is 11. The smallest absolute Gasteiger partial charge is 0.335 e. The number of aliphatic hydroxyl groups is 2. The number of aliphatic hydroxyl groups excluding tert-OH is 2. The van der Waals surface area contributed by atoms with Gasteiger partial charge in [0.15, 0.2) is 24.6 Å². The summed E-state index contributed by atoms with van der Waals surface area (Å²) in [5.74, 6) is -3.29. The van der Waals surface area contributed by atoms with E-state index in [0.717, 1.165) is 109 Å². The van der Waals surface area contributed by atoms with Crippen LogP contribution in [0.3, 0.4) is 0 Å². The van der Waals surface area contributed by atoms with Gasteiger partial charge >= 0.3 is 23.9 Å². The fourth-order valence-electron chi connectivity index (χ4n) is 8.05. The third kappa shape index (κ3) is 41.8. The predicted molar refractivity (Wildman–Crippen MR) is 312 cm³/mol. The van der Waals surface area contributed by atoms with Crippen LogP contribution in [0.15, 0.2) is 122 Å². The quantitative estimate of drug-likeness (QED) is 0.0228. The van der Waals surface area contributed by atoms with Gasteiger partial charge in [-0.1, -0.05) is 200 Å². The van der Waals surface area contributed by atoms with Gasteiger partial charge in [0.25, 0.3) is 0 Å². The summed E-state index contributed by atoms with van der Waals surface area (Å²) in [6, 6.07) is 0. The molecule has 0 bridgehead atoms. The molecule has 1 aliphatic rings. The van der Waals surface area contributed by atoms with E-state index in [9.17, 15) is 34.5 Å². The number of esters is 3. The van der Waals surface area contributed by atoms with Gasteiger partial charge in [0, 0.05) is 19.3 Å². The molecule has 0 radical (unpaired) electrons. The maximum Gasteiger partial charge on any atom is 0.335 e. The Morgan fingerprint density at radius 1 is 0.442 bits per heavy atom. The zero-order valence-corrected chi connectivity index (χ0v) is 47.7. The summed E-state index contributed by atoms with van der Waals surface area (Å²) in [6.07, 6.45) is 59.0. The van der Waals surface area contributed by atoms with Crippen LogP contribution < -0.4 is 0 Å². The molecule has 434 valence electrons. The maximum atomic E-state index is 13.1. The lowest BCUT2D eigenvalue weighted by molar-refractivity contribution is -0.301. The first-order valence-corrected chi connectivity index (χ1v) is 29.5. The highest BCUT2D eigenvalue weighted by atomic mass is 16.7. The van der Waals surface area contributed by atoms with Crippen molar-refractivity contribution in [2.45, 2.75) is 250 Å². The Labute approximate surface area is 465 Å². The van der Waals surface area contributed by atoms with Gasteiger partial charge in [0.05, 0.1) is 6.61 Å². The number of carboxylic acids is 1. The number of carbonyl (C=O) groups is 4. The van der Waals surface area contributed by atoms with Crippen molar-refractivity contribution >= 4 is 23.9 Å². The number of carboxylic acid groups (broad SMARTS) is 1. The second-order valence-electron chi connectivity index (χ2n) is 19.5. The van der Waals surface area contributed by atoms with Crippen LogP contribution in [0.25, 0.3) is 0 Å². The molecule has 0 aromatic heterocycles. The second-order valence-corrected chi connectivity index (χ2v) is 19.5. The van der Waals surface area contributed by atoms with E-state index in [1.807, 2.05) is 12.2 Å². The van der Waals surface area contributed by atoms with Gasteiger partial charge in [-0.3, -0.25) is 14.4 Å². The van der Waals surface area contributed by atoms with Crippen molar-refractivity contribution in [2.75, 3.05) is 13.2 Å². The molecule has 1 rings (SSSR count). The monoisotopic (exact) mass is 1070 g/mol. The SMILES string of the molecule is CC/C=C\C/C=C\C/C=C\C/C=C\CCCCCCC(=O)OC1C(OCC(COC(=O)CCCCCCCCC/C=C\C/C=C\CCCCC)OC(=O)CC/C=C\C/C=C\C/C=C\C/C=C\CC)OC(C(=O)O)C(O)C1O. The molecule has 0 spiro atoms. The molecule has 0 aromatic rings. The highest BCUT2D eigenvalue weighted by Gasteiger charge is 2.50. The summed E-state index contributed by atoms with van der Waals surface area (Å²) in [6.45, 7) is 5.64. The van der Waals surface area contributed by atoms with E-state index in [0.29, 0.717) is 25.7 Å². The van der Waals surface area contributed by atoms with Gasteiger partial charge in [0.2, 0.25) is 0 Å². The Morgan fingerprint density at radius 3 is 1.30 bits per heavy atom. The van der Waals surface area contributed by atoms with Gasteiger partial charge < -0.3 is 39.0 Å². The summed E-state index contributed by atoms with van der Waals surface area (Å²) in [5.41, 5.74) is 0. The molecule has 0 aromatic carbocycles. The summed E-state index contributed by atoms with van der Waals surface area (Å²) >= 11 is 0. The largest absolute Gasteiger partial charge is 0.479 e. The van der Waals surface area contributed by atoms with E-state index in [4.69, 9.17) is 23.7 Å². The molecule has 12 heteroatoms. The van der Waals surface area contributed by atoms with E-state index in [1.54, 1.807) is 0 Å². The Balaban J connectivity index is 2.74. The molecule has 0 aliphatic carbocycles. The fraction of sp³-hybridized carbons (Fsp3) is 0.631.